The molecule has 0 radical (unpaired) electrons. The highest BCUT2D eigenvalue weighted by molar-refractivity contribution is 8.04. The molecule has 0 aromatic carbocycles. The smallest absolute Gasteiger partial charge is 0.0720 e. The molecule has 0 saturated carbocycles. The Kier molecular flexibility index (Phi) is 15.5. The van der Waals surface area contributed by atoms with Crippen molar-refractivity contribution in [2.45, 2.75) is 11.4 Å². The van der Waals surface area contributed by atoms with Crippen molar-refractivity contribution in [3.8, 4) is 0 Å². The molecule has 0 aliphatic carbocycles. The first kappa shape index (κ1) is 18.7. The van der Waals surface area contributed by atoms with Gasteiger partial charge in [0, 0.05) is 39.8 Å². The molecule has 0 aromatic heterocycles. The van der Waals surface area contributed by atoms with Gasteiger partial charge in [0.1, 0.15) is 0 Å². The van der Waals surface area contributed by atoms with Gasteiger partial charge in [0.15, 0.2) is 0 Å². The topological polar surface area (TPSA) is 40.5 Å². The molecular weight excluding hydrogens is 312 g/mol. The van der Waals surface area contributed by atoms with Gasteiger partial charge in [-0.2, -0.15) is 60.5 Å². The second-order valence-electron chi connectivity index (χ2n) is 3.39. The number of thioether (sulfide) groups is 3. The molecule has 0 heterocycles. The quantitative estimate of drug-likeness (QED) is 0.323. The Morgan fingerprint density at radius 2 is 1.71 bits per heavy atom. The maximum absolute atomic E-state index is 9.68. The average Bonchev–Trinajstić information content (AvgIpc) is 2.34. The molecule has 0 saturated heterocycles. The number of rotatable bonds is 12. The third kappa shape index (κ3) is 12.4. The van der Waals surface area contributed by atoms with Crippen LogP contribution in [0.1, 0.15) is 0 Å². The maximum Gasteiger partial charge on any atom is 0.0720 e. The van der Waals surface area contributed by atoms with Gasteiger partial charge in [-0.05, 0) is 5.75 Å². The van der Waals surface area contributed by atoms with E-state index in [1.807, 2.05) is 11.8 Å². The molecule has 0 fully saturated rings. The summed E-state index contributed by atoms with van der Waals surface area (Å²) >= 11 is 13.8. The lowest BCUT2D eigenvalue weighted by Gasteiger charge is -2.14. The van der Waals surface area contributed by atoms with Crippen molar-refractivity contribution >= 4 is 60.5 Å². The predicted molar refractivity (Wildman–Crippen MR) is 91.7 cm³/mol. The minimum absolute atomic E-state index is 0.187. The van der Waals surface area contributed by atoms with Crippen LogP contribution in [-0.4, -0.2) is 68.4 Å². The molecule has 0 aliphatic heterocycles. The summed E-state index contributed by atoms with van der Waals surface area (Å²) in [6.07, 6.45) is -0.271. The lowest BCUT2D eigenvalue weighted by molar-refractivity contribution is 0.225. The lowest BCUT2D eigenvalue weighted by atomic mass is 10.5. The third-order valence-corrected chi connectivity index (χ3v) is 6.83. The van der Waals surface area contributed by atoms with E-state index in [2.05, 4.69) is 25.3 Å². The number of hydrogen-bond acceptors (Lipinski definition) is 7. The molecule has 7 heteroatoms. The second-order valence-corrected chi connectivity index (χ2v) is 7.83. The van der Waals surface area contributed by atoms with E-state index in [1.54, 1.807) is 23.5 Å². The molecule has 2 unspecified atom stereocenters. The summed E-state index contributed by atoms with van der Waals surface area (Å²) in [5.41, 5.74) is 0. The van der Waals surface area contributed by atoms with Crippen LogP contribution in [0, 0.1) is 0 Å². The highest BCUT2D eigenvalue weighted by Gasteiger charge is 2.09. The molecule has 0 rings (SSSR count). The van der Waals surface area contributed by atoms with Gasteiger partial charge in [-0.25, -0.2) is 0 Å². The van der Waals surface area contributed by atoms with E-state index < -0.39 is 0 Å². The Balaban J connectivity index is 3.45. The fourth-order valence-electron chi connectivity index (χ4n) is 1.04. The Morgan fingerprint density at radius 3 is 2.29 bits per heavy atom. The zero-order chi connectivity index (χ0) is 12.9. The predicted octanol–water partition coefficient (Wildman–Crippen LogP) is 1.77. The number of aliphatic hydroxyl groups excluding tert-OH is 2. The lowest BCUT2D eigenvalue weighted by Crippen LogP contribution is -2.17. The minimum Gasteiger partial charge on any atom is -0.396 e. The fraction of sp³-hybridized carbons (Fsp3) is 1.00. The first-order valence-corrected chi connectivity index (χ1v) is 10.1. The van der Waals surface area contributed by atoms with E-state index >= 15 is 0 Å². The summed E-state index contributed by atoms with van der Waals surface area (Å²) in [7, 11) is 0. The normalized spacial score (nSPS) is 14.8. The summed E-state index contributed by atoms with van der Waals surface area (Å²) in [5, 5.41) is 18.8. The maximum atomic E-state index is 9.68. The van der Waals surface area contributed by atoms with Crippen LogP contribution in [-0.2, 0) is 0 Å². The van der Waals surface area contributed by atoms with Crippen molar-refractivity contribution in [1.82, 2.24) is 0 Å². The van der Waals surface area contributed by atoms with E-state index in [-0.39, 0.29) is 12.7 Å². The van der Waals surface area contributed by atoms with Crippen LogP contribution in [0.3, 0.4) is 0 Å². The van der Waals surface area contributed by atoms with Crippen LogP contribution in [0.15, 0.2) is 0 Å². The first-order chi connectivity index (χ1) is 8.24. The third-order valence-electron chi connectivity index (χ3n) is 1.81. The Morgan fingerprint density at radius 1 is 1.00 bits per heavy atom. The Hall–Kier alpha value is 1.67. The molecule has 0 spiro atoms. The summed E-state index contributed by atoms with van der Waals surface area (Å²) in [4.78, 5) is 0. The van der Waals surface area contributed by atoms with Crippen molar-refractivity contribution in [3.63, 3.8) is 0 Å². The molecule has 0 aliphatic rings. The van der Waals surface area contributed by atoms with E-state index in [1.165, 1.54) is 0 Å². The zero-order valence-electron chi connectivity index (χ0n) is 9.83. The van der Waals surface area contributed by atoms with Crippen LogP contribution >= 0.6 is 60.5 Å². The minimum atomic E-state index is -0.271. The Bertz CT molecular complexity index is 162. The van der Waals surface area contributed by atoms with Gasteiger partial charge in [0.2, 0.25) is 0 Å². The molecule has 17 heavy (non-hydrogen) atoms. The van der Waals surface area contributed by atoms with Gasteiger partial charge in [-0.1, -0.05) is 0 Å². The molecule has 0 amide bonds. The van der Waals surface area contributed by atoms with Gasteiger partial charge in [-0.15, -0.1) is 0 Å². The van der Waals surface area contributed by atoms with Gasteiger partial charge >= 0.3 is 0 Å². The second kappa shape index (κ2) is 14.1. The molecule has 104 valence electrons. The molecule has 0 aromatic rings. The standard InChI is InChI=1S/C10H22O2S5/c11-1-3-15-6-9(12)7-16-8-10(5-14)17-4-2-13/h9-14H,1-8H2. The van der Waals surface area contributed by atoms with Crippen molar-refractivity contribution in [3.05, 3.63) is 0 Å². The highest BCUT2D eigenvalue weighted by Crippen LogP contribution is 2.19. The van der Waals surface area contributed by atoms with Crippen molar-refractivity contribution < 1.29 is 10.2 Å². The number of aliphatic hydroxyl groups is 2. The van der Waals surface area contributed by atoms with Crippen LogP contribution < -0.4 is 0 Å². The summed E-state index contributed by atoms with van der Waals surface area (Å²) in [6, 6.07) is 0. The number of hydrogen-bond donors (Lipinski definition) is 4. The molecule has 0 bridgehead atoms. The monoisotopic (exact) mass is 334 g/mol. The Labute approximate surface area is 128 Å². The fourth-order valence-corrected chi connectivity index (χ4v) is 4.94. The SMILES string of the molecule is OCCSCC(O)CSCC(CS)SCCS. The summed E-state index contributed by atoms with van der Waals surface area (Å²) in [6.45, 7) is 0.187. The van der Waals surface area contributed by atoms with Gasteiger partial charge in [0.25, 0.3) is 0 Å². The summed E-state index contributed by atoms with van der Waals surface area (Å²) < 4.78 is 0. The highest BCUT2D eigenvalue weighted by atomic mass is 32.2. The van der Waals surface area contributed by atoms with Crippen molar-refractivity contribution in [1.29, 1.82) is 0 Å². The van der Waals surface area contributed by atoms with E-state index in [0.29, 0.717) is 16.8 Å². The van der Waals surface area contributed by atoms with Crippen LogP contribution in [0.5, 0.6) is 0 Å². The molecule has 2 nitrogen and oxygen atoms in total. The van der Waals surface area contributed by atoms with Gasteiger partial charge in [0.05, 0.1) is 12.7 Å². The average molecular weight is 335 g/mol. The van der Waals surface area contributed by atoms with Crippen molar-refractivity contribution in [2.75, 3.05) is 46.9 Å². The van der Waals surface area contributed by atoms with E-state index in [9.17, 15) is 5.11 Å². The largest absolute Gasteiger partial charge is 0.396 e. The van der Waals surface area contributed by atoms with Crippen LogP contribution in [0.2, 0.25) is 0 Å². The zero-order valence-corrected chi connectivity index (χ0v) is 14.1. The first-order valence-electron chi connectivity index (χ1n) is 5.52. The van der Waals surface area contributed by atoms with E-state index in [4.69, 9.17) is 5.11 Å². The van der Waals surface area contributed by atoms with Crippen LogP contribution in [0.4, 0.5) is 0 Å². The van der Waals surface area contributed by atoms with Crippen LogP contribution in [0.25, 0.3) is 0 Å². The van der Waals surface area contributed by atoms with E-state index in [0.717, 1.165) is 28.8 Å². The molecular formula is C10H22O2S5. The summed E-state index contributed by atoms with van der Waals surface area (Å²) in [5.74, 6) is 6.06. The number of thiol groups is 2. The van der Waals surface area contributed by atoms with Gasteiger partial charge < -0.3 is 10.2 Å². The van der Waals surface area contributed by atoms with Gasteiger partial charge in [-0.3, -0.25) is 0 Å². The molecule has 2 N–H and O–H groups in total. The van der Waals surface area contributed by atoms with Crippen molar-refractivity contribution in [2.24, 2.45) is 0 Å². The molecule has 2 atom stereocenters.